The summed E-state index contributed by atoms with van der Waals surface area (Å²) in [7, 11) is 0. The van der Waals surface area contributed by atoms with Crippen molar-refractivity contribution in [3.05, 3.63) is 27.8 Å². The lowest BCUT2D eigenvalue weighted by Gasteiger charge is -2.21. The number of hydrogen-bond donors (Lipinski definition) is 2. The van der Waals surface area contributed by atoms with E-state index in [9.17, 15) is 5.11 Å². The van der Waals surface area contributed by atoms with E-state index in [0.29, 0.717) is 19.2 Å². The first-order chi connectivity index (χ1) is 9.25. The highest BCUT2D eigenvalue weighted by Gasteiger charge is 2.14. The van der Waals surface area contributed by atoms with Gasteiger partial charge in [0.15, 0.2) is 0 Å². The fourth-order valence-electron chi connectivity index (χ4n) is 2.29. The Hall–Kier alpha value is -1.06. The third-order valence-corrected chi connectivity index (χ3v) is 4.11. The van der Waals surface area contributed by atoms with Gasteiger partial charge < -0.3 is 15.2 Å². The summed E-state index contributed by atoms with van der Waals surface area (Å²) in [5.74, 6) is 0.925. The van der Waals surface area contributed by atoms with Gasteiger partial charge in [0.25, 0.3) is 0 Å². The molecule has 0 aromatic heterocycles. The predicted octanol–water partition coefficient (Wildman–Crippen LogP) is 2.97. The molecule has 0 fully saturated rings. The van der Waals surface area contributed by atoms with Crippen molar-refractivity contribution in [1.82, 2.24) is 5.32 Å². The number of aliphatic hydroxyl groups is 1. The van der Waals surface area contributed by atoms with Crippen LogP contribution in [0, 0.1) is 34.6 Å². The van der Waals surface area contributed by atoms with Gasteiger partial charge in [-0.1, -0.05) is 13.8 Å². The lowest BCUT2D eigenvalue weighted by molar-refractivity contribution is 0.104. The van der Waals surface area contributed by atoms with Gasteiger partial charge >= 0.3 is 0 Å². The first-order valence-corrected chi connectivity index (χ1v) is 7.36. The Bertz CT molecular complexity index is 438. The van der Waals surface area contributed by atoms with Crippen LogP contribution in [-0.4, -0.2) is 30.4 Å². The Morgan fingerprint density at radius 1 is 0.900 bits per heavy atom. The van der Waals surface area contributed by atoms with Gasteiger partial charge in [-0.05, 0) is 62.4 Å². The summed E-state index contributed by atoms with van der Waals surface area (Å²) in [6, 6.07) is 0.372. The molecule has 2 N–H and O–H groups in total. The van der Waals surface area contributed by atoms with Gasteiger partial charge in [0.05, 0.1) is 0 Å². The van der Waals surface area contributed by atoms with Crippen LogP contribution in [-0.2, 0) is 0 Å². The molecule has 1 aromatic rings. The summed E-state index contributed by atoms with van der Waals surface area (Å²) >= 11 is 0. The molecule has 0 heterocycles. The molecule has 0 bridgehead atoms. The summed E-state index contributed by atoms with van der Waals surface area (Å²) in [4.78, 5) is 0. The van der Waals surface area contributed by atoms with Crippen molar-refractivity contribution in [2.75, 3.05) is 13.2 Å². The van der Waals surface area contributed by atoms with Crippen molar-refractivity contribution in [3.8, 4) is 5.75 Å². The molecule has 0 radical (unpaired) electrons. The Balaban J connectivity index is 2.78. The summed E-state index contributed by atoms with van der Waals surface area (Å²) in [6.45, 7) is 15.6. The fraction of sp³-hybridized carbons (Fsp3) is 0.647. The van der Waals surface area contributed by atoms with E-state index >= 15 is 0 Å². The normalized spacial score (nSPS) is 12.8. The second-order valence-corrected chi connectivity index (χ2v) is 5.98. The molecule has 3 nitrogen and oxygen atoms in total. The molecular formula is C17H29NO2. The number of rotatable bonds is 6. The van der Waals surface area contributed by atoms with Crippen molar-refractivity contribution in [1.29, 1.82) is 0 Å². The van der Waals surface area contributed by atoms with Crippen LogP contribution >= 0.6 is 0 Å². The molecular weight excluding hydrogens is 250 g/mol. The molecule has 1 atom stereocenters. The smallest absolute Gasteiger partial charge is 0.125 e. The summed E-state index contributed by atoms with van der Waals surface area (Å²) < 4.78 is 5.89. The van der Waals surface area contributed by atoms with Crippen molar-refractivity contribution in [2.24, 2.45) is 0 Å². The third-order valence-electron chi connectivity index (χ3n) is 4.11. The minimum atomic E-state index is -0.488. The molecule has 114 valence electrons. The largest absolute Gasteiger partial charge is 0.490 e. The maximum Gasteiger partial charge on any atom is 0.125 e. The van der Waals surface area contributed by atoms with Crippen LogP contribution in [0.3, 0.4) is 0 Å². The van der Waals surface area contributed by atoms with Gasteiger partial charge in [0.2, 0.25) is 0 Å². The van der Waals surface area contributed by atoms with E-state index in [4.69, 9.17) is 4.74 Å². The lowest BCUT2D eigenvalue weighted by atomic mass is 9.94. The van der Waals surface area contributed by atoms with Gasteiger partial charge in [-0.3, -0.25) is 0 Å². The highest BCUT2D eigenvalue weighted by atomic mass is 16.5. The Morgan fingerprint density at radius 2 is 1.35 bits per heavy atom. The van der Waals surface area contributed by atoms with Crippen molar-refractivity contribution in [3.63, 3.8) is 0 Å². The molecule has 0 spiro atoms. The zero-order valence-corrected chi connectivity index (χ0v) is 13.9. The second kappa shape index (κ2) is 7.09. The van der Waals surface area contributed by atoms with Crippen LogP contribution in [0.4, 0.5) is 0 Å². The van der Waals surface area contributed by atoms with Crippen LogP contribution in [0.15, 0.2) is 0 Å². The van der Waals surface area contributed by atoms with Crippen molar-refractivity contribution >= 4 is 0 Å². The molecule has 0 saturated heterocycles. The Kier molecular flexibility index (Phi) is 6.03. The van der Waals surface area contributed by atoms with E-state index in [-0.39, 0.29) is 0 Å². The van der Waals surface area contributed by atoms with E-state index in [0.717, 1.165) is 5.75 Å². The van der Waals surface area contributed by atoms with Crippen LogP contribution in [0.5, 0.6) is 5.75 Å². The van der Waals surface area contributed by atoms with Crippen LogP contribution in [0.2, 0.25) is 0 Å². The fourth-order valence-corrected chi connectivity index (χ4v) is 2.29. The SMILES string of the molecule is Cc1c(C)c(C)c(OC[C@H](O)CNC(C)C)c(C)c1C. The number of benzene rings is 1. The molecule has 1 rings (SSSR count). The highest BCUT2D eigenvalue weighted by molar-refractivity contribution is 5.53. The monoisotopic (exact) mass is 279 g/mol. The molecule has 0 saturated carbocycles. The van der Waals surface area contributed by atoms with Crippen LogP contribution in [0.25, 0.3) is 0 Å². The molecule has 0 aliphatic carbocycles. The standard InChI is InChI=1S/C17H29NO2/c1-10(2)18-8-16(19)9-20-17-14(6)12(4)11(3)13(5)15(17)7/h10,16,18-19H,8-9H2,1-7H3/t16-/m1/s1. The van der Waals surface area contributed by atoms with E-state index in [1.165, 1.54) is 27.8 Å². The van der Waals surface area contributed by atoms with E-state index < -0.39 is 6.10 Å². The van der Waals surface area contributed by atoms with Crippen LogP contribution in [0.1, 0.15) is 41.7 Å². The average Bonchev–Trinajstić information content (AvgIpc) is 2.40. The average molecular weight is 279 g/mol. The van der Waals surface area contributed by atoms with Gasteiger partial charge in [-0.15, -0.1) is 0 Å². The predicted molar refractivity (Wildman–Crippen MR) is 84.8 cm³/mol. The maximum absolute atomic E-state index is 9.95. The van der Waals surface area contributed by atoms with Crippen molar-refractivity contribution < 1.29 is 9.84 Å². The minimum absolute atomic E-state index is 0.323. The van der Waals surface area contributed by atoms with Crippen molar-refractivity contribution in [2.45, 2.75) is 60.6 Å². The maximum atomic E-state index is 9.95. The van der Waals surface area contributed by atoms with E-state index in [1.807, 2.05) is 0 Å². The topological polar surface area (TPSA) is 41.5 Å². The lowest BCUT2D eigenvalue weighted by Crippen LogP contribution is -2.35. The summed E-state index contributed by atoms with van der Waals surface area (Å²) in [5, 5.41) is 13.2. The Morgan fingerprint density at radius 3 is 1.80 bits per heavy atom. The first-order valence-electron chi connectivity index (χ1n) is 7.36. The van der Waals surface area contributed by atoms with Crippen LogP contribution < -0.4 is 10.1 Å². The number of aliphatic hydroxyl groups excluding tert-OH is 1. The molecule has 0 unspecified atom stereocenters. The highest BCUT2D eigenvalue weighted by Crippen LogP contribution is 2.32. The zero-order chi connectivity index (χ0) is 15.4. The first kappa shape index (κ1) is 17.0. The number of ether oxygens (including phenoxy) is 1. The molecule has 0 aliphatic heterocycles. The molecule has 20 heavy (non-hydrogen) atoms. The summed E-state index contributed by atoms with van der Waals surface area (Å²) in [5.41, 5.74) is 6.23. The molecule has 0 aliphatic rings. The van der Waals surface area contributed by atoms with Gasteiger partial charge in [0, 0.05) is 12.6 Å². The zero-order valence-electron chi connectivity index (χ0n) is 13.9. The number of hydrogen-bond acceptors (Lipinski definition) is 3. The van der Waals surface area contributed by atoms with E-state index in [1.54, 1.807) is 0 Å². The second-order valence-electron chi connectivity index (χ2n) is 5.98. The van der Waals surface area contributed by atoms with Gasteiger partial charge in [0.1, 0.15) is 18.5 Å². The Labute approximate surface area is 123 Å². The molecule has 0 amide bonds. The number of nitrogens with one attached hydrogen (secondary N) is 1. The minimum Gasteiger partial charge on any atom is -0.490 e. The summed E-state index contributed by atoms with van der Waals surface area (Å²) in [6.07, 6.45) is -0.488. The van der Waals surface area contributed by atoms with Gasteiger partial charge in [-0.25, -0.2) is 0 Å². The molecule has 1 aromatic carbocycles. The molecule has 3 heteroatoms. The quantitative estimate of drug-likeness (QED) is 0.841. The van der Waals surface area contributed by atoms with Gasteiger partial charge in [-0.2, -0.15) is 0 Å². The van der Waals surface area contributed by atoms with E-state index in [2.05, 4.69) is 53.8 Å². The third kappa shape index (κ3) is 3.97.